The number of carbonyl (C=O) groups is 2. The van der Waals surface area contributed by atoms with E-state index in [-0.39, 0.29) is 29.7 Å². The number of nitrogens with zero attached hydrogens (tertiary/aromatic N) is 1. The molecule has 1 aliphatic heterocycles. The number of hydrogen-bond donors (Lipinski definition) is 1. The van der Waals surface area contributed by atoms with Crippen molar-refractivity contribution in [2.75, 3.05) is 13.1 Å². The van der Waals surface area contributed by atoms with E-state index in [0.29, 0.717) is 5.92 Å². The first-order chi connectivity index (χ1) is 11.9. The molecule has 1 N–H and O–H groups in total. The molecule has 138 valence electrons. The SMILES string of the molecule is CCC(C)C(C(=O)NC1CCN(C(=O)C(C)C)CC1)c1ccccc1. The lowest BCUT2D eigenvalue weighted by Gasteiger charge is -2.34. The molecule has 1 aromatic rings. The van der Waals surface area contributed by atoms with Crippen molar-refractivity contribution in [3.63, 3.8) is 0 Å². The molecule has 25 heavy (non-hydrogen) atoms. The van der Waals surface area contributed by atoms with E-state index < -0.39 is 0 Å². The van der Waals surface area contributed by atoms with Crippen molar-refractivity contribution in [1.82, 2.24) is 10.2 Å². The van der Waals surface area contributed by atoms with E-state index in [1.54, 1.807) is 0 Å². The Hall–Kier alpha value is -1.84. The van der Waals surface area contributed by atoms with Gasteiger partial charge in [0, 0.05) is 25.0 Å². The highest BCUT2D eigenvalue weighted by atomic mass is 16.2. The van der Waals surface area contributed by atoms with Gasteiger partial charge in [0.25, 0.3) is 0 Å². The van der Waals surface area contributed by atoms with Crippen molar-refractivity contribution >= 4 is 11.8 Å². The average Bonchev–Trinajstić information content (AvgIpc) is 2.62. The van der Waals surface area contributed by atoms with Gasteiger partial charge in [-0.25, -0.2) is 0 Å². The monoisotopic (exact) mass is 344 g/mol. The molecule has 1 aliphatic rings. The Balaban J connectivity index is 1.97. The lowest BCUT2D eigenvalue weighted by atomic mass is 9.84. The summed E-state index contributed by atoms with van der Waals surface area (Å²) in [6, 6.07) is 10.2. The molecule has 1 aromatic carbocycles. The first kappa shape index (κ1) is 19.5. The Kier molecular flexibility index (Phi) is 7.03. The highest BCUT2D eigenvalue weighted by Gasteiger charge is 2.30. The quantitative estimate of drug-likeness (QED) is 0.857. The van der Waals surface area contributed by atoms with E-state index in [1.165, 1.54) is 0 Å². The number of carbonyl (C=O) groups excluding carboxylic acids is 2. The van der Waals surface area contributed by atoms with Crippen molar-refractivity contribution in [1.29, 1.82) is 0 Å². The van der Waals surface area contributed by atoms with E-state index in [4.69, 9.17) is 0 Å². The molecular weight excluding hydrogens is 312 g/mol. The minimum Gasteiger partial charge on any atom is -0.353 e. The third-order valence-electron chi connectivity index (χ3n) is 5.30. The van der Waals surface area contributed by atoms with Gasteiger partial charge >= 0.3 is 0 Å². The second kappa shape index (κ2) is 9.02. The van der Waals surface area contributed by atoms with Gasteiger partial charge < -0.3 is 10.2 Å². The summed E-state index contributed by atoms with van der Waals surface area (Å²) in [4.78, 5) is 27.0. The molecule has 2 rings (SSSR count). The molecule has 1 fully saturated rings. The topological polar surface area (TPSA) is 49.4 Å². The van der Waals surface area contributed by atoms with E-state index in [0.717, 1.165) is 37.9 Å². The van der Waals surface area contributed by atoms with Crippen molar-refractivity contribution in [3.05, 3.63) is 35.9 Å². The molecule has 4 heteroatoms. The molecule has 4 nitrogen and oxygen atoms in total. The Morgan fingerprint density at radius 2 is 1.72 bits per heavy atom. The number of benzene rings is 1. The predicted octanol–water partition coefficient (Wildman–Crippen LogP) is 3.58. The Labute approximate surface area is 152 Å². The fourth-order valence-corrected chi connectivity index (χ4v) is 3.53. The molecule has 0 aliphatic carbocycles. The summed E-state index contributed by atoms with van der Waals surface area (Å²) < 4.78 is 0. The highest BCUT2D eigenvalue weighted by molar-refractivity contribution is 5.84. The fourth-order valence-electron chi connectivity index (χ4n) is 3.53. The van der Waals surface area contributed by atoms with Gasteiger partial charge in [0.1, 0.15) is 0 Å². The fraction of sp³-hybridized carbons (Fsp3) is 0.619. The van der Waals surface area contributed by atoms with Crippen LogP contribution < -0.4 is 5.32 Å². The normalized spacial score (nSPS) is 18.0. The van der Waals surface area contributed by atoms with Crippen LogP contribution in [0.5, 0.6) is 0 Å². The summed E-state index contributed by atoms with van der Waals surface area (Å²) >= 11 is 0. The van der Waals surface area contributed by atoms with Crippen LogP contribution in [0.3, 0.4) is 0 Å². The second-order valence-electron chi connectivity index (χ2n) is 7.54. The lowest BCUT2D eigenvalue weighted by Crippen LogP contribution is -2.48. The summed E-state index contributed by atoms with van der Waals surface area (Å²) in [5, 5.41) is 3.24. The van der Waals surface area contributed by atoms with Crippen LogP contribution in [-0.4, -0.2) is 35.8 Å². The molecular formula is C21H32N2O2. The van der Waals surface area contributed by atoms with E-state index in [1.807, 2.05) is 49.1 Å². The maximum absolute atomic E-state index is 12.9. The number of amides is 2. The molecule has 2 atom stereocenters. The molecule has 2 amide bonds. The van der Waals surface area contributed by atoms with Crippen LogP contribution in [0.15, 0.2) is 30.3 Å². The van der Waals surface area contributed by atoms with Crippen LogP contribution in [-0.2, 0) is 9.59 Å². The molecule has 0 spiro atoms. The Bertz CT molecular complexity index is 563. The summed E-state index contributed by atoms with van der Waals surface area (Å²) in [6.07, 6.45) is 2.65. The highest BCUT2D eigenvalue weighted by Crippen LogP contribution is 2.27. The van der Waals surface area contributed by atoms with Crippen molar-refractivity contribution < 1.29 is 9.59 Å². The van der Waals surface area contributed by atoms with Crippen LogP contribution in [0.2, 0.25) is 0 Å². The summed E-state index contributed by atoms with van der Waals surface area (Å²) in [7, 11) is 0. The summed E-state index contributed by atoms with van der Waals surface area (Å²) in [5.74, 6) is 0.561. The molecule has 2 unspecified atom stereocenters. The Morgan fingerprint density at radius 3 is 2.24 bits per heavy atom. The van der Waals surface area contributed by atoms with E-state index in [9.17, 15) is 9.59 Å². The van der Waals surface area contributed by atoms with Crippen LogP contribution in [0.4, 0.5) is 0 Å². The zero-order valence-electron chi connectivity index (χ0n) is 16.0. The van der Waals surface area contributed by atoms with Gasteiger partial charge in [-0.15, -0.1) is 0 Å². The number of rotatable bonds is 6. The van der Waals surface area contributed by atoms with Gasteiger partial charge in [-0.3, -0.25) is 9.59 Å². The first-order valence-corrected chi connectivity index (χ1v) is 9.58. The van der Waals surface area contributed by atoms with Gasteiger partial charge in [-0.2, -0.15) is 0 Å². The number of hydrogen-bond acceptors (Lipinski definition) is 2. The molecule has 0 saturated carbocycles. The third kappa shape index (κ3) is 5.07. The molecule has 0 radical (unpaired) electrons. The average molecular weight is 344 g/mol. The zero-order valence-corrected chi connectivity index (χ0v) is 16.0. The van der Waals surface area contributed by atoms with Crippen molar-refractivity contribution in [2.45, 2.75) is 58.9 Å². The van der Waals surface area contributed by atoms with Gasteiger partial charge in [0.15, 0.2) is 0 Å². The van der Waals surface area contributed by atoms with Crippen molar-refractivity contribution in [3.8, 4) is 0 Å². The minimum atomic E-state index is -0.110. The number of likely N-dealkylation sites (tertiary alicyclic amines) is 1. The maximum Gasteiger partial charge on any atom is 0.228 e. The standard InChI is InChI=1S/C21H32N2O2/c1-5-16(4)19(17-9-7-6-8-10-17)20(24)22-18-11-13-23(14-12-18)21(25)15(2)3/h6-10,15-16,18-19H,5,11-14H2,1-4H3,(H,22,24). The van der Waals surface area contributed by atoms with Crippen molar-refractivity contribution in [2.24, 2.45) is 11.8 Å². The van der Waals surface area contributed by atoms with Gasteiger partial charge in [-0.05, 0) is 24.3 Å². The maximum atomic E-state index is 12.9. The summed E-state index contributed by atoms with van der Waals surface area (Å²) in [6.45, 7) is 9.62. The predicted molar refractivity (Wildman–Crippen MR) is 101 cm³/mol. The second-order valence-corrected chi connectivity index (χ2v) is 7.54. The zero-order chi connectivity index (χ0) is 18.4. The van der Waals surface area contributed by atoms with Crippen LogP contribution >= 0.6 is 0 Å². The minimum absolute atomic E-state index is 0.0407. The largest absolute Gasteiger partial charge is 0.353 e. The third-order valence-corrected chi connectivity index (χ3v) is 5.30. The molecule has 1 saturated heterocycles. The van der Waals surface area contributed by atoms with E-state index >= 15 is 0 Å². The first-order valence-electron chi connectivity index (χ1n) is 9.58. The molecule has 1 heterocycles. The van der Waals surface area contributed by atoms with Crippen LogP contribution in [0.1, 0.15) is 58.4 Å². The van der Waals surface area contributed by atoms with Gasteiger partial charge in [-0.1, -0.05) is 64.4 Å². The Morgan fingerprint density at radius 1 is 1.12 bits per heavy atom. The molecule has 0 aromatic heterocycles. The number of nitrogens with one attached hydrogen (secondary N) is 1. The summed E-state index contributed by atoms with van der Waals surface area (Å²) in [5.41, 5.74) is 1.08. The molecule has 0 bridgehead atoms. The number of piperidine rings is 1. The smallest absolute Gasteiger partial charge is 0.228 e. The van der Waals surface area contributed by atoms with Crippen LogP contribution in [0, 0.1) is 11.8 Å². The van der Waals surface area contributed by atoms with E-state index in [2.05, 4.69) is 19.2 Å². The van der Waals surface area contributed by atoms with Crippen LogP contribution in [0.25, 0.3) is 0 Å². The van der Waals surface area contributed by atoms with Gasteiger partial charge in [0.2, 0.25) is 11.8 Å². The lowest BCUT2D eigenvalue weighted by molar-refractivity contribution is -0.135. The van der Waals surface area contributed by atoms with Gasteiger partial charge in [0.05, 0.1) is 5.92 Å².